The van der Waals surface area contributed by atoms with E-state index >= 15 is 0 Å². The summed E-state index contributed by atoms with van der Waals surface area (Å²) in [6.07, 6.45) is 0. The number of rotatable bonds is 3. The first-order valence-electron chi connectivity index (χ1n) is 5.97. The third kappa shape index (κ3) is 2.50. The summed E-state index contributed by atoms with van der Waals surface area (Å²) in [7, 11) is 0. The zero-order valence-electron chi connectivity index (χ0n) is 10.5. The van der Waals surface area contributed by atoms with Crippen LogP contribution < -0.4 is 10.2 Å². The van der Waals surface area contributed by atoms with E-state index in [1.54, 1.807) is 19.1 Å². The number of nitro benzene ring substituents is 1. The van der Waals surface area contributed by atoms with Crippen molar-refractivity contribution in [1.29, 1.82) is 0 Å². The van der Waals surface area contributed by atoms with Crippen LogP contribution >= 0.6 is 0 Å². The lowest BCUT2D eigenvalue weighted by Crippen LogP contribution is -2.54. The normalized spacial score (nSPS) is 19.2. The van der Waals surface area contributed by atoms with E-state index in [9.17, 15) is 20.0 Å². The third-order valence-corrected chi connectivity index (χ3v) is 3.26. The number of nitrogens with zero attached hydrogens (tertiary/aromatic N) is 2. The first-order valence-corrected chi connectivity index (χ1v) is 5.97. The fraction of sp³-hybridized carbons (Fsp3) is 0.417. The molecule has 2 rings (SSSR count). The van der Waals surface area contributed by atoms with Crippen LogP contribution in [0.4, 0.5) is 11.4 Å². The van der Waals surface area contributed by atoms with E-state index in [0.29, 0.717) is 18.8 Å². The minimum absolute atomic E-state index is 0.0739. The van der Waals surface area contributed by atoms with E-state index in [0.717, 1.165) is 0 Å². The lowest BCUT2D eigenvalue weighted by Gasteiger charge is -2.34. The maximum absolute atomic E-state index is 11.6. The Hall–Kier alpha value is -2.15. The third-order valence-electron chi connectivity index (χ3n) is 3.26. The molecule has 19 heavy (non-hydrogen) atoms. The number of carbonyl (C=O) groups excluding carboxylic acids is 1. The summed E-state index contributed by atoms with van der Waals surface area (Å²) in [6.45, 7) is 2.54. The lowest BCUT2D eigenvalue weighted by atomic mass is 10.1. The molecule has 1 atom stereocenters. The zero-order valence-corrected chi connectivity index (χ0v) is 10.5. The predicted molar refractivity (Wildman–Crippen MR) is 68.8 cm³/mol. The molecule has 1 aliphatic heterocycles. The van der Waals surface area contributed by atoms with Crippen molar-refractivity contribution in [2.24, 2.45) is 0 Å². The molecule has 1 saturated heterocycles. The highest BCUT2D eigenvalue weighted by atomic mass is 16.6. The standard InChI is InChI=1S/C12H15N3O4/c1-8-12(17)13-4-5-14(8)10-2-3-11(15(18)19)9(6-10)7-16/h2-3,6,8,16H,4-5,7H2,1H3,(H,13,17). The largest absolute Gasteiger partial charge is 0.391 e. The van der Waals surface area contributed by atoms with Gasteiger partial charge in [0.2, 0.25) is 5.91 Å². The Balaban J connectivity index is 2.35. The van der Waals surface area contributed by atoms with Gasteiger partial charge in [0.05, 0.1) is 17.1 Å². The average molecular weight is 265 g/mol. The molecule has 0 saturated carbocycles. The van der Waals surface area contributed by atoms with Crippen molar-refractivity contribution in [1.82, 2.24) is 5.32 Å². The summed E-state index contributed by atoms with van der Waals surface area (Å²) in [6, 6.07) is 4.20. The maximum atomic E-state index is 11.6. The van der Waals surface area contributed by atoms with Crippen LogP contribution in [0, 0.1) is 10.1 Å². The van der Waals surface area contributed by atoms with Gasteiger partial charge in [-0.25, -0.2) is 0 Å². The molecule has 0 bridgehead atoms. The molecule has 102 valence electrons. The molecule has 0 aromatic heterocycles. The Morgan fingerprint density at radius 3 is 2.95 bits per heavy atom. The topological polar surface area (TPSA) is 95.7 Å². The van der Waals surface area contributed by atoms with Crippen molar-refractivity contribution in [3.63, 3.8) is 0 Å². The van der Waals surface area contributed by atoms with Gasteiger partial charge in [0.15, 0.2) is 0 Å². The fourth-order valence-electron chi connectivity index (χ4n) is 2.19. The Kier molecular flexibility index (Phi) is 3.66. The smallest absolute Gasteiger partial charge is 0.275 e. The van der Waals surface area contributed by atoms with Gasteiger partial charge in [0.1, 0.15) is 6.04 Å². The number of benzene rings is 1. The number of amides is 1. The molecular formula is C12H15N3O4. The van der Waals surface area contributed by atoms with Gasteiger partial charge >= 0.3 is 0 Å². The highest BCUT2D eigenvalue weighted by molar-refractivity contribution is 5.86. The summed E-state index contributed by atoms with van der Waals surface area (Å²) in [5.41, 5.74) is 0.845. The van der Waals surface area contributed by atoms with Crippen molar-refractivity contribution in [3.8, 4) is 0 Å². The number of hydrogen-bond donors (Lipinski definition) is 2. The number of aliphatic hydroxyl groups is 1. The maximum Gasteiger partial charge on any atom is 0.275 e. The molecule has 1 amide bonds. The van der Waals surface area contributed by atoms with Gasteiger partial charge in [0.25, 0.3) is 5.69 Å². The molecule has 0 aliphatic carbocycles. The van der Waals surface area contributed by atoms with Crippen LogP contribution in [-0.4, -0.2) is 35.1 Å². The quantitative estimate of drug-likeness (QED) is 0.609. The van der Waals surface area contributed by atoms with Crippen molar-refractivity contribution in [2.45, 2.75) is 19.6 Å². The predicted octanol–water partition coefficient (Wildman–Crippen LogP) is 0.412. The number of piperazine rings is 1. The van der Waals surface area contributed by atoms with Crippen molar-refractivity contribution < 1.29 is 14.8 Å². The second-order valence-electron chi connectivity index (χ2n) is 4.39. The number of aliphatic hydroxyl groups excluding tert-OH is 1. The first kappa shape index (κ1) is 13.3. The van der Waals surface area contributed by atoms with Gasteiger partial charge in [0, 0.05) is 24.8 Å². The Bertz CT molecular complexity index is 518. The van der Waals surface area contributed by atoms with Gasteiger partial charge in [-0.2, -0.15) is 0 Å². The summed E-state index contributed by atoms with van der Waals surface area (Å²) in [4.78, 5) is 23.7. The van der Waals surface area contributed by atoms with Crippen LogP contribution in [0.25, 0.3) is 0 Å². The molecule has 7 nitrogen and oxygen atoms in total. The van der Waals surface area contributed by atoms with Crippen molar-refractivity contribution in [2.75, 3.05) is 18.0 Å². The molecule has 7 heteroatoms. The summed E-state index contributed by atoms with van der Waals surface area (Å²) in [5, 5.41) is 22.8. The highest BCUT2D eigenvalue weighted by Gasteiger charge is 2.26. The number of hydrogen-bond acceptors (Lipinski definition) is 5. The van der Waals surface area contributed by atoms with E-state index in [2.05, 4.69) is 5.32 Å². The number of carbonyl (C=O) groups is 1. The molecule has 1 unspecified atom stereocenters. The molecule has 1 heterocycles. The van der Waals surface area contributed by atoms with E-state index in [1.165, 1.54) is 6.07 Å². The molecular weight excluding hydrogens is 250 g/mol. The molecule has 1 aromatic rings. The second kappa shape index (κ2) is 5.23. The zero-order chi connectivity index (χ0) is 14.0. The number of nitro groups is 1. The van der Waals surface area contributed by atoms with E-state index in [1.807, 2.05) is 4.90 Å². The molecule has 2 N–H and O–H groups in total. The Morgan fingerprint density at radius 1 is 1.58 bits per heavy atom. The fourth-order valence-corrected chi connectivity index (χ4v) is 2.19. The van der Waals surface area contributed by atoms with Gasteiger partial charge in [-0.15, -0.1) is 0 Å². The molecule has 0 radical (unpaired) electrons. The number of nitrogens with one attached hydrogen (secondary N) is 1. The van der Waals surface area contributed by atoms with Crippen molar-refractivity contribution >= 4 is 17.3 Å². The van der Waals surface area contributed by atoms with E-state index < -0.39 is 11.5 Å². The van der Waals surface area contributed by atoms with Crippen LogP contribution in [0.5, 0.6) is 0 Å². The molecule has 1 aliphatic rings. The lowest BCUT2D eigenvalue weighted by molar-refractivity contribution is -0.385. The Labute approximate surface area is 110 Å². The monoisotopic (exact) mass is 265 g/mol. The van der Waals surface area contributed by atoms with Gasteiger partial charge in [-0.3, -0.25) is 14.9 Å². The van der Waals surface area contributed by atoms with E-state index in [4.69, 9.17) is 0 Å². The minimum Gasteiger partial charge on any atom is -0.391 e. The molecule has 1 aromatic carbocycles. The van der Waals surface area contributed by atoms with Gasteiger partial charge < -0.3 is 15.3 Å². The van der Waals surface area contributed by atoms with E-state index in [-0.39, 0.29) is 23.2 Å². The number of anilines is 1. The minimum atomic E-state index is -0.526. The second-order valence-corrected chi connectivity index (χ2v) is 4.39. The van der Waals surface area contributed by atoms with Crippen LogP contribution in [0.1, 0.15) is 12.5 Å². The van der Waals surface area contributed by atoms with Gasteiger partial charge in [-0.1, -0.05) is 0 Å². The van der Waals surface area contributed by atoms with Gasteiger partial charge in [-0.05, 0) is 19.1 Å². The van der Waals surface area contributed by atoms with Crippen LogP contribution in [0.2, 0.25) is 0 Å². The first-order chi connectivity index (χ1) is 9.04. The highest BCUT2D eigenvalue weighted by Crippen LogP contribution is 2.26. The SMILES string of the molecule is CC1C(=O)NCCN1c1ccc([N+](=O)[O-])c(CO)c1. The van der Waals surface area contributed by atoms with Crippen LogP contribution in [0.3, 0.4) is 0 Å². The summed E-state index contributed by atoms with van der Waals surface area (Å²) >= 11 is 0. The Morgan fingerprint density at radius 2 is 2.32 bits per heavy atom. The van der Waals surface area contributed by atoms with Crippen LogP contribution in [0.15, 0.2) is 18.2 Å². The average Bonchev–Trinajstić information content (AvgIpc) is 2.41. The van der Waals surface area contributed by atoms with Crippen molar-refractivity contribution in [3.05, 3.63) is 33.9 Å². The summed E-state index contributed by atoms with van der Waals surface area (Å²) < 4.78 is 0. The molecule has 1 fully saturated rings. The summed E-state index contributed by atoms with van der Waals surface area (Å²) in [5.74, 6) is -0.0739. The van der Waals surface area contributed by atoms with Crippen LogP contribution in [-0.2, 0) is 11.4 Å². The molecule has 0 spiro atoms.